The SMILES string of the molecule is CCn1nccc1C(N)C1(c2ccccc2)CCOCC1. The zero-order valence-electron chi connectivity index (χ0n) is 12.5. The predicted molar refractivity (Wildman–Crippen MR) is 83.0 cm³/mol. The Morgan fingerprint density at radius 1 is 1.24 bits per heavy atom. The van der Waals surface area contributed by atoms with Gasteiger partial charge in [-0.1, -0.05) is 30.3 Å². The second kappa shape index (κ2) is 6.00. The van der Waals surface area contributed by atoms with Crippen LogP contribution in [0.3, 0.4) is 0 Å². The molecule has 4 nitrogen and oxygen atoms in total. The lowest BCUT2D eigenvalue weighted by atomic mass is 9.68. The molecule has 0 spiro atoms. The predicted octanol–water partition coefficient (Wildman–Crippen LogP) is 2.65. The van der Waals surface area contributed by atoms with Gasteiger partial charge in [-0.2, -0.15) is 5.10 Å². The maximum absolute atomic E-state index is 6.74. The third-order valence-electron chi connectivity index (χ3n) is 4.70. The molecule has 21 heavy (non-hydrogen) atoms. The van der Waals surface area contributed by atoms with Gasteiger partial charge in [0.05, 0.1) is 11.7 Å². The van der Waals surface area contributed by atoms with Crippen molar-refractivity contribution in [2.24, 2.45) is 5.73 Å². The minimum Gasteiger partial charge on any atom is -0.381 e. The third kappa shape index (κ3) is 2.49. The standard InChI is InChI=1S/C17H23N3O/c1-2-20-15(8-11-19-20)16(18)17(9-12-21-13-10-17)14-6-4-3-5-7-14/h3-8,11,16H,2,9-10,12-13,18H2,1H3. The molecule has 1 fully saturated rings. The Morgan fingerprint density at radius 3 is 2.62 bits per heavy atom. The molecule has 112 valence electrons. The largest absolute Gasteiger partial charge is 0.381 e. The Labute approximate surface area is 125 Å². The highest BCUT2D eigenvalue weighted by atomic mass is 16.5. The first kappa shape index (κ1) is 14.3. The molecule has 3 rings (SSSR count). The summed E-state index contributed by atoms with van der Waals surface area (Å²) in [7, 11) is 0. The van der Waals surface area contributed by atoms with Crippen LogP contribution in [0.2, 0.25) is 0 Å². The van der Waals surface area contributed by atoms with Crippen molar-refractivity contribution in [3.63, 3.8) is 0 Å². The number of nitrogens with two attached hydrogens (primary N) is 1. The molecule has 1 unspecified atom stereocenters. The highest BCUT2D eigenvalue weighted by Crippen LogP contribution is 2.43. The Bertz CT molecular complexity index is 573. The van der Waals surface area contributed by atoms with Crippen LogP contribution in [0.4, 0.5) is 0 Å². The molecule has 1 aliphatic heterocycles. The van der Waals surface area contributed by atoms with Crippen molar-refractivity contribution in [1.29, 1.82) is 0 Å². The number of aromatic nitrogens is 2. The summed E-state index contributed by atoms with van der Waals surface area (Å²) in [5, 5.41) is 4.38. The van der Waals surface area contributed by atoms with Gasteiger partial charge in [-0.3, -0.25) is 4.68 Å². The van der Waals surface area contributed by atoms with Gasteiger partial charge in [0.25, 0.3) is 0 Å². The first-order chi connectivity index (χ1) is 10.3. The summed E-state index contributed by atoms with van der Waals surface area (Å²) in [5.41, 5.74) is 9.10. The van der Waals surface area contributed by atoms with E-state index in [9.17, 15) is 0 Å². The van der Waals surface area contributed by atoms with Crippen molar-refractivity contribution < 1.29 is 4.74 Å². The van der Waals surface area contributed by atoms with Gasteiger partial charge < -0.3 is 10.5 Å². The van der Waals surface area contributed by atoms with Crippen molar-refractivity contribution in [2.75, 3.05) is 13.2 Å². The van der Waals surface area contributed by atoms with E-state index < -0.39 is 0 Å². The van der Waals surface area contributed by atoms with Crippen LogP contribution in [0.25, 0.3) is 0 Å². The van der Waals surface area contributed by atoms with Crippen molar-refractivity contribution in [1.82, 2.24) is 9.78 Å². The van der Waals surface area contributed by atoms with Crippen molar-refractivity contribution in [3.05, 3.63) is 53.9 Å². The van der Waals surface area contributed by atoms with Gasteiger partial charge in [0.1, 0.15) is 0 Å². The number of benzene rings is 1. The summed E-state index contributed by atoms with van der Waals surface area (Å²) in [6, 6.07) is 12.6. The summed E-state index contributed by atoms with van der Waals surface area (Å²) in [4.78, 5) is 0. The van der Waals surface area contributed by atoms with E-state index in [-0.39, 0.29) is 11.5 Å². The molecule has 1 saturated heterocycles. The maximum Gasteiger partial charge on any atom is 0.0566 e. The Balaban J connectivity index is 2.03. The van der Waals surface area contributed by atoms with E-state index in [1.54, 1.807) is 0 Å². The summed E-state index contributed by atoms with van der Waals surface area (Å²) in [6.07, 6.45) is 3.75. The molecule has 0 saturated carbocycles. The van der Waals surface area contributed by atoms with Gasteiger partial charge in [-0.25, -0.2) is 0 Å². The van der Waals surface area contributed by atoms with Crippen LogP contribution in [0, 0.1) is 0 Å². The van der Waals surface area contributed by atoms with Crippen LogP contribution >= 0.6 is 0 Å². The number of hydrogen-bond donors (Lipinski definition) is 1. The molecule has 1 aromatic carbocycles. The van der Waals surface area contributed by atoms with Gasteiger partial charge in [-0.05, 0) is 31.4 Å². The lowest BCUT2D eigenvalue weighted by molar-refractivity contribution is 0.0386. The maximum atomic E-state index is 6.74. The molecule has 4 heteroatoms. The van der Waals surface area contributed by atoms with Crippen LogP contribution in [0.5, 0.6) is 0 Å². The van der Waals surface area contributed by atoms with E-state index in [4.69, 9.17) is 10.5 Å². The number of nitrogens with zero attached hydrogens (tertiary/aromatic N) is 2. The molecule has 0 amide bonds. The molecule has 1 atom stereocenters. The quantitative estimate of drug-likeness (QED) is 0.939. The molecule has 1 aliphatic rings. The lowest BCUT2D eigenvalue weighted by Crippen LogP contribution is -2.44. The van der Waals surface area contributed by atoms with E-state index >= 15 is 0 Å². The van der Waals surface area contributed by atoms with E-state index in [0.29, 0.717) is 0 Å². The Morgan fingerprint density at radius 2 is 1.95 bits per heavy atom. The second-order valence-corrected chi connectivity index (χ2v) is 5.68. The molecule has 1 aromatic heterocycles. The minimum absolute atomic E-state index is 0.0630. The van der Waals surface area contributed by atoms with Gasteiger partial charge in [0, 0.05) is 31.4 Å². The number of hydrogen-bond acceptors (Lipinski definition) is 3. The zero-order chi connectivity index (χ0) is 14.7. The summed E-state index contributed by atoms with van der Waals surface area (Å²) in [6.45, 7) is 4.48. The van der Waals surface area contributed by atoms with Crippen molar-refractivity contribution in [3.8, 4) is 0 Å². The first-order valence-electron chi connectivity index (χ1n) is 7.68. The lowest BCUT2D eigenvalue weighted by Gasteiger charge is -2.42. The van der Waals surface area contributed by atoms with Crippen LogP contribution in [-0.4, -0.2) is 23.0 Å². The zero-order valence-corrected chi connectivity index (χ0v) is 12.5. The van der Waals surface area contributed by atoms with Gasteiger partial charge in [0.15, 0.2) is 0 Å². The molecular formula is C17H23N3O. The van der Waals surface area contributed by atoms with E-state index in [2.05, 4.69) is 42.4 Å². The van der Waals surface area contributed by atoms with Crippen LogP contribution in [0.15, 0.2) is 42.6 Å². The summed E-state index contributed by atoms with van der Waals surface area (Å²) < 4.78 is 7.60. The third-order valence-corrected chi connectivity index (χ3v) is 4.70. The highest BCUT2D eigenvalue weighted by Gasteiger charge is 2.41. The molecule has 0 aliphatic carbocycles. The average molecular weight is 285 g/mol. The fourth-order valence-electron chi connectivity index (χ4n) is 3.44. The van der Waals surface area contributed by atoms with E-state index in [0.717, 1.165) is 38.3 Å². The first-order valence-corrected chi connectivity index (χ1v) is 7.68. The molecule has 0 bridgehead atoms. The second-order valence-electron chi connectivity index (χ2n) is 5.68. The molecule has 2 aromatic rings. The summed E-state index contributed by atoms with van der Waals surface area (Å²) in [5.74, 6) is 0. The number of aryl methyl sites for hydroxylation is 1. The highest BCUT2D eigenvalue weighted by molar-refractivity contribution is 5.31. The van der Waals surface area contributed by atoms with Crippen molar-refractivity contribution >= 4 is 0 Å². The van der Waals surface area contributed by atoms with Crippen LogP contribution < -0.4 is 5.73 Å². The van der Waals surface area contributed by atoms with Crippen LogP contribution in [0.1, 0.15) is 37.1 Å². The van der Waals surface area contributed by atoms with Gasteiger partial charge in [0.2, 0.25) is 0 Å². The van der Waals surface area contributed by atoms with E-state index in [1.165, 1.54) is 5.56 Å². The van der Waals surface area contributed by atoms with Gasteiger partial charge >= 0.3 is 0 Å². The molecular weight excluding hydrogens is 262 g/mol. The normalized spacial score (nSPS) is 19.3. The van der Waals surface area contributed by atoms with Crippen LogP contribution in [-0.2, 0) is 16.7 Å². The fraction of sp³-hybridized carbons (Fsp3) is 0.471. The van der Waals surface area contributed by atoms with Gasteiger partial charge in [-0.15, -0.1) is 0 Å². The Hall–Kier alpha value is -1.65. The Kier molecular flexibility index (Phi) is 4.08. The fourth-order valence-corrected chi connectivity index (χ4v) is 3.44. The molecule has 0 radical (unpaired) electrons. The monoisotopic (exact) mass is 285 g/mol. The smallest absolute Gasteiger partial charge is 0.0566 e. The number of ether oxygens (including phenoxy) is 1. The molecule has 2 N–H and O–H groups in total. The average Bonchev–Trinajstić information content (AvgIpc) is 3.04. The van der Waals surface area contributed by atoms with E-state index in [1.807, 2.05) is 16.9 Å². The minimum atomic E-state index is -0.0637. The summed E-state index contributed by atoms with van der Waals surface area (Å²) >= 11 is 0. The topological polar surface area (TPSA) is 53.1 Å². The van der Waals surface area contributed by atoms with Crippen molar-refractivity contribution in [2.45, 2.75) is 37.8 Å². The number of rotatable bonds is 4. The molecule has 2 heterocycles.